The van der Waals surface area contributed by atoms with Crippen LogP contribution in [0.25, 0.3) is 5.65 Å². The summed E-state index contributed by atoms with van der Waals surface area (Å²) in [6, 6.07) is 5.65. The molecule has 1 amide bonds. The highest BCUT2D eigenvalue weighted by molar-refractivity contribution is 6.36. The van der Waals surface area contributed by atoms with Crippen molar-refractivity contribution in [3.05, 3.63) is 61.5 Å². The number of nitrogens with zero attached hydrogens (tertiary/aromatic N) is 3. The van der Waals surface area contributed by atoms with Crippen LogP contribution in [0, 0.1) is 13.8 Å². The third-order valence-corrected chi connectivity index (χ3v) is 5.86. The van der Waals surface area contributed by atoms with Gasteiger partial charge in [0.2, 0.25) is 6.41 Å². The molecule has 154 valence electrons. The summed E-state index contributed by atoms with van der Waals surface area (Å²) in [7, 11) is 0. The van der Waals surface area contributed by atoms with E-state index in [4.69, 9.17) is 39.5 Å². The molecule has 0 aliphatic rings. The molecule has 0 saturated heterocycles. The fourth-order valence-electron chi connectivity index (χ4n) is 3.01. The van der Waals surface area contributed by atoms with Crippen LogP contribution in [0.3, 0.4) is 0 Å². The van der Waals surface area contributed by atoms with Gasteiger partial charge < -0.3 is 10.1 Å². The van der Waals surface area contributed by atoms with Gasteiger partial charge in [-0.25, -0.2) is 9.50 Å². The molecule has 1 N–H and O–H groups in total. The van der Waals surface area contributed by atoms with Crippen LogP contribution in [-0.4, -0.2) is 40.8 Å². The Morgan fingerprint density at radius 2 is 2.00 bits per heavy atom. The summed E-state index contributed by atoms with van der Waals surface area (Å²) in [4.78, 5) is 14.9. The summed E-state index contributed by atoms with van der Waals surface area (Å²) in [5, 5.41) is 8.59. The number of carbonyl (C=O) groups is 1. The average molecular weight is 456 g/mol. The summed E-state index contributed by atoms with van der Waals surface area (Å²) in [5.41, 5.74) is 5.12. The Morgan fingerprint density at radius 3 is 2.76 bits per heavy atom. The van der Waals surface area contributed by atoms with Crippen LogP contribution in [0.4, 0.5) is 0 Å². The first-order valence-electron chi connectivity index (χ1n) is 9.14. The van der Waals surface area contributed by atoms with Crippen molar-refractivity contribution in [2.24, 2.45) is 0 Å². The molecule has 0 aliphatic carbocycles. The van der Waals surface area contributed by atoms with Crippen molar-refractivity contribution in [1.29, 1.82) is 0 Å². The highest BCUT2D eigenvalue weighted by Gasteiger charge is 2.17. The van der Waals surface area contributed by atoms with Crippen LogP contribution in [0.5, 0.6) is 0 Å². The van der Waals surface area contributed by atoms with Crippen molar-refractivity contribution in [2.75, 3.05) is 19.8 Å². The predicted molar refractivity (Wildman–Crippen MR) is 115 cm³/mol. The Morgan fingerprint density at radius 1 is 1.21 bits per heavy atom. The SMILES string of the molecule is Cc1cc2nc(Cc3c(Cl)ccc(CCOCCNC=O)c3Cl)c(C)n2nc1Cl. The first-order chi connectivity index (χ1) is 13.9. The Balaban J connectivity index is 1.79. The van der Waals surface area contributed by atoms with E-state index in [2.05, 4.69) is 15.4 Å². The summed E-state index contributed by atoms with van der Waals surface area (Å²) in [6.45, 7) is 5.27. The van der Waals surface area contributed by atoms with Crippen molar-refractivity contribution in [2.45, 2.75) is 26.7 Å². The third-order valence-electron chi connectivity index (χ3n) is 4.66. The molecule has 0 fully saturated rings. The molecule has 6 nitrogen and oxygen atoms in total. The van der Waals surface area contributed by atoms with Gasteiger partial charge in [-0.1, -0.05) is 40.9 Å². The van der Waals surface area contributed by atoms with Gasteiger partial charge in [-0.15, -0.1) is 0 Å². The molecule has 29 heavy (non-hydrogen) atoms. The maximum absolute atomic E-state index is 10.2. The van der Waals surface area contributed by atoms with Gasteiger partial charge in [-0.05, 0) is 49.1 Å². The molecular weight excluding hydrogens is 435 g/mol. The van der Waals surface area contributed by atoms with Crippen LogP contribution >= 0.6 is 34.8 Å². The lowest BCUT2D eigenvalue weighted by Crippen LogP contribution is -2.18. The second kappa shape index (κ2) is 9.76. The zero-order valence-corrected chi connectivity index (χ0v) is 18.4. The molecule has 0 unspecified atom stereocenters. The van der Waals surface area contributed by atoms with Crippen molar-refractivity contribution in [3.8, 4) is 0 Å². The van der Waals surface area contributed by atoms with Crippen molar-refractivity contribution >= 4 is 46.9 Å². The second-order valence-electron chi connectivity index (χ2n) is 6.64. The monoisotopic (exact) mass is 454 g/mol. The minimum Gasteiger partial charge on any atom is -0.379 e. The maximum atomic E-state index is 10.2. The number of benzene rings is 1. The smallest absolute Gasteiger partial charge is 0.207 e. The summed E-state index contributed by atoms with van der Waals surface area (Å²) < 4.78 is 7.25. The fraction of sp³-hybridized carbons (Fsp3) is 0.350. The van der Waals surface area contributed by atoms with Crippen molar-refractivity contribution in [3.63, 3.8) is 0 Å². The minimum atomic E-state index is 0.450. The number of hydrogen-bond donors (Lipinski definition) is 1. The number of nitrogens with one attached hydrogen (secondary N) is 1. The zero-order valence-electron chi connectivity index (χ0n) is 16.1. The molecule has 0 spiro atoms. The number of hydrogen-bond acceptors (Lipinski definition) is 4. The van der Waals surface area contributed by atoms with Gasteiger partial charge in [0.25, 0.3) is 0 Å². The van der Waals surface area contributed by atoms with Crippen LogP contribution in [0.1, 0.15) is 28.1 Å². The molecule has 3 aromatic rings. The standard InChI is InChI=1S/C20H21Cl3N4O2/c1-12-9-18-25-17(13(2)27(18)26-20(12)23)10-15-16(21)4-3-14(19(15)22)5-7-29-8-6-24-11-28/h3-4,9,11H,5-8,10H2,1-2H3,(H,24,28). The summed E-state index contributed by atoms with van der Waals surface area (Å²) in [6.07, 6.45) is 1.78. The largest absolute Gasteiger partial charge is 0.379 e. The lowest BCUT2D eigenvalue weighted by atomic mass is 10.0. The van der Waals surface area contributed by atoms with E-state index >= 15 is 0 Å². The van der Waals surface area contributed by atoms with E-state index in [1.807, 2.05) is 32.0 Å². The molecule has 0 saturated carbocycles. The fourth-order valence-corrected chi connectivity index (χ4v) is 3.74. The number of imidazole rings is 1. The van der Waals surface area contributed by atoms with Crippen LogP contribution in [0.2, 0.25) is 15.2 Å². The molecule has 0 atom stereocenters. The molecule has 0 radical (unpaired) electrons. The van der Waals surface area contributed by atoms with Crippen LogP contribution in [-0.2, 0) is 22.4 Å². The van der Waals surface area contributed by atoms with E-state index in [1.165, 1.54) is 0 Å². The van der Waals surface area contributed by atoms with Crippen molar-refractivity contribution in [1.82, 2.24) is 19.9 Å². The predicted octanol–water partition coefficient (Wildman–Crippen LogP) is 4.20. The highest BCUT2D eigenvalue weighted by Crippen LogP contribution is 2.31. The number of rotatable bonds is 9. The molecule has 2 heterocycles. The molecule has 1 aromatic carbocycles. The number of carbonyl (C=O) groups excluding carboxylic acids is 1. The zero-order chi connectivity index (χ0) is 21.0. The number of halogens is 3. The summed E-state index contributed by atoms with van der Waals surface area (Å²) >= 11 is 19.3. The number of amides is 1. The van der Waals surface area contributed by atoms with Gasteiger partial charge in [0, 0.05) is 23.0 Å². The van der Waals surface area contributed by atoms with E-state index in [9.17, 15) is 4.79 Å². The van der Waals surface area contributed by atoms with Gasteiger partial charge in [0.05, 0.1) is 24.6 Å². The third kappa shape index (κ3) is 5.01. The Hall–Kier alpha value is -1.86. The van der Waals surface area contributed by atoms with Crippen LogP contribution in [0.15, 0.2) is 18.2 Å². The minimum absolute atomic E-state index is 0.450. The Labute approximate surface area is 184 Å². The lowest BCUT2D eigenvalue weighted by molar-refractivity contribution is -0.109. The van der Waals surface area contributed by atoms with E-state index in [0.29, 0.717) is 54.2 Å². The number of ether oxygens (including phenoxy) is 1. The molecular formula is C20H21Cl3N4O2. The van der Waals surface area contributed by atoms with Gasteiger partial charge >= 0.3 is 0 Å². The number of fused-ring (bicyclic) bond motifs is 1. The molecule has 2 aromatic heterocycles. The molecule has 9 heteroatoms. The normalized spacial score (nSPS) is 11.2. The topological polar surface area (TPSA) is 68.5 Å². The average Bonchev–Trinajstić information content (AvgIpc) is 2.98. The maximum Gasteiger partial charge on any atom is 0.207 e. The first kappa shape index (κ1) is 21.8. The van der Waals surface area contributed by atoms with Crippen LogP contribution < -0.4 is 5.32 Å². The quantitative estimate of drug-likeness (QED) is 0.388. The Kier molecular flexibility index (Phi) is 7.35. The van der Waals surface area contributed by atoms with E-state index < -0.39 is 0 Å². The second-order valence-corrected chi connectivity index (χ2v) is 7.79. The molecule has 0 aliphatic heterocycles. The first-order valence-corrected chi connectivity index (χ1v) is 10.3. The lowest BCUT2D eigenvalue weighted by Gasteiger charge is -2.12. The highest BCUT2D eigenvalue weighted by atomic mass is 35.5. The number of aromatic nitrogens is 3. The molecule has 0 bridgehead atoms. The van der Waals surface area contributed by atoms with Gasteiger partial charge in [0.1, 0.15) is 0 Å². The Bertz CT molecular complexity index is 1040. The van der Waals surface area contributed by atoms with E-state index in [0.717, 1.165) is 33.7 Å². The van der Waals surface area contributed by atoms with Gasteiger partial charge in [-0.2, -0.15) is 5.10 Å². The van der Waals surface area contributed by atoms with E-state index in [-0.39, 0.29) is 0 Å². The van der Waals surface area contributed by atoms with E-state index in [1.54, 1.807) is 4.52 Å². The van der Waals surface area contributed by atoms with Gasteiger partial charge in [0.15, 0.2) is 10.8 Å². The van der Waals surface area contributed by atoms with Gasteiger partial charge in [-0.3, -0.25) is 4.79 Å². The molecule has 3 rings (SSSR count). The van der Waals surface area contributed by atoms with Crippen molar-refractivity contribution < 1.29 is 9.53 Å². The number of aryl methyl sites for hydroxylation is 2. The summed E-state index contributed by atoms with van der Waals surface area (Å²) in [5.74, 6) is 0.